The van der Waals surface area contributed by atoms with Gasteiger partial charge in [0, 0.05) is 33.5 Å². The summed E-state index contributed by atoms with van der Waals surface area (Å²) in [5.41, 5.74) is 5.15. The third-order valence-electron chi connectivity index (χ3n) is 4.73. The summed E-state index contributed by atoms with van der Waals surface area (Å²) < 4.78 is 8.95. The van der Waals surface area contributed by atoms with Crippen LogP contribution in [0.5, 0.6) is 5.75 Å². The maximum Gasteiger partial charge on any atom is 0.140 e. The van der Waals surface area contributed by atoms with Crippen LogP contribution < -0.4 is 4.74 Å². The lowest BCUT2D eigenvalue weighted by molar-refractivity contribution is 0.415. The number of aromatic nitrogens is 2. The Morgan fingerprint density at radius 1 is 0.929 bits per heavy atom. The van der Waals surface area contributed by atoms with Crippen LogP contribution in [0.1, 0.15) is 9.75 Å². The number of ether oxygens (including phenoxy) is 1. The second-order valence-corrected chi connectivity index (χ2v) is 10.2. The summed E-state index contributed by atoms with van der Waals surface area (Å²) in [6, 6.07) is 12.0. The lowest BCUT2D eigenvalue weighted by Crippen LogP contribution is -1.96. The molecule has 0 N–H and O–H groups in total. The van der Waals surface area contributed by atoms with Gasteiger partial charge in [-0.3, -0.25) is 0 Å². The van der Waals surface area contributed by atoms with Crippen LogP contribution in [-0.4, -0.2) is 16.7 Å². The van der Waals surface area contributed by atoms with Gasteiger partial charge < -0.3 is 9.30 Å². The highest BCUT2D eigenvalue weighted by molar-refractivity contribution is 7.17. The van der Waals surface area contributed by atoms with Gasteiger partial charge in [-0.15, -0.1) is 22.7 Å². The van der Waals surface area contributed by atoms with Crippen LogP contribution in [0.4, 0.5) is 0 Å². The van der Waals surface area contributed by atoms with E-state index in [2.05, 4.69) is 18.4 Å². The Labute approximate surface area is 182 Å². The van der Waals surface area contributed by atoms with Gasteiger partial charge in [-0.1, -0.05) is 23.2 Å². The van der Waals surface area contributed by atoms with Crippen molar-refractivity contribution in [3.63, 3.8) is 0 Å². The molecule has 0 saturated carbocycles. The summed E-state index contributed by atoms with van der Waals surface area (Å²) in [5.74, 6) is 1.70. The van der Waals surface area contributed by atoms with Crippen molar-refractivity contribution < 1.29 is 4.74 Å². The van der Waals surface area contributed by atoms with Gasteiger partial charge in [0.25, 0.3) is 0 Å². The number of hydrogen-bond donors (Lipinski definition) is 0. The average molecular weight is 449 g/mol. The Morgan fingerprint density at radius 2 is 1.50 bits per heavy atom. The number of hydrogen-bond acceptors (Lipinski definition) is 4. The molecule has 4 rings (SSSR count). The topological polar surface area (TPSA) is 27.1 Å². The van der Waals surface area contributed by atoms with Gasteiger partial charge in [-0.25, -0.2) is 4.98 Å². The maximum atomic E-state index is 6.31. The van der Waals surface area contributed by atoms with Gasteiger partial charge in [-0.2, -0.15) is 0 Å². The van der Waals surface area contributed by atoms with Crippen LogP contribution in [0.3, 0.4) is 0 Å². The molecule has 0 aliphatic heterocycles. The zero-order valence-electron chi connectivity index (χ0n) is 15.8. The lowest BCUT2D eigenvalue weighted by Gasteiger charge is -2.08. The van der Waals surface area contributed by atoms with Crippen molar-refractivity contribution in [1.29, 1.82) is 0 Å². The molecule has 0 amide bonds. The predicted molar refractivity (Wildman–Crippen MR) is 121 cm³/mol. The molecule has 0 aliphatic rings. The monoisotopic (exact) mass is 448 g/mol. The fourth-order valence-corrected chi connectivity index (χ4v) is 5.74. The van der Waals surface area contributed by atoms with Crippen molar-refractivity contribution >= 4 is 45.9 Å². The van der Waals surface area contributed by atoms with E-state index in [1.54, 1.807) is 29.8 Å². The molecule has 0 fully saturated rings. The van der Waals surface area contributed by atoms with Crippen LogP contribution >= 0.6 is 45.9 Å². The van der Waals surface area contributed by atoms with Crippen LogP contribution in [0.2, 0.25) is 8.67 Å². The number of benzene rings is 1. The highest BCUT2D eigenvalue weighted by atomic mass is 35.5. The Kier molecular flexibility index (Phi) is 5.27. The minimum atomic E-state index is 0.759. The van der Waals surface area contributed by atoms with Gasteiger partial charge in [0.05, 0.1) is 27.2 Å². The highest BCUT2D eigenvalue weighted by Gasteiger charge is 2.23. The Hall–Kier alpha value is -1.79. The Morgan fingerprint density at radius 3 is 2.00 bits per heavy atom. The summed E-state index contributed by atoms with van der Waals surface area (Å²) in [6.45, 7) is 4.16. The fraction of sp³-hybridized carbons (Fsp3) is 0.190. The first-order valence-corrected chi connectivity index (χ1v) is 11.0. The molecule has 0 radical (unpaired) electrons. The summed E-state index contributed by atoms with van der Waals surface area (Å²) in [7, 11) is 3.71. The fourth-order valence-electron chi connectivity index (χ4n) is 3.35. The number of imidazole rings is 1. The molecule has 7 heteroatoms. The zero-order chi connectivity index (χ0) is 20.0. The van der Waals surface area contributed by atoms with Crippen molar-refractivity contribution in [3.05, 3.63) is 54.8 Å². The number of nitrogens with zero attached hydrogens (tertiary/aromatic N) is 2. The molecule has 3 nitrogen and oxygen atoms in total. The maximum absolute atomic E-state index is 6.31. The van der Waals surface area contributed by atoms with Crippen molar-refractivity contribution in [1.82, 2.24) is 9.55 Å². The summed E-state index contributed by atoms with van der Waals surface area (Å²) in [4.78, 5) is 7.34. The molecule has 0 aliphatic carbocycles. The highest BCUT2D eigenvalue weighted by Crippen LogP contribution is 2.43. The standard InChI is InChI=1S/C21H18Cl2N2OS2/c1-11-15(9-17(22)27-11)19-20(16-10-18(23)28-12(16)2)25(3)21(24-19)13-5-7-14(26-4)8-6-13/h5-10H,1-4H3. The molecular weight excluding hydrogens is 431 g/mol. The van der Waals surface area contributed by atoms with E-state index in [1.165, 1.54) is 0 Å². The second kappa shape index (κ2) is 7.56. The number of rotatable bonds is 4. The third-order valence-corrected chi connectivity index (χ3v) is 7.09. The molecule has 0 saturated heterocycles. The molecule has 0 unspecified atom stereocenters. The van der Waals surface area contributed by atoms with Gasteiger partial charge in [-0.05, 0) is 50.2 Å². The van der Waals surface area contributed by atoms with Crippen molar-refractivity contribution in [2.24, 2.45) is 7.05 Å². The first kappa shape index (κ1) is 19.5. The normalized spacial score (nSPS) is 11.2. The van der Waals surface area contributed by atoms with E-state index >= 15 is 0 Å². The Bertz CT molecular complexity index is 1160. The van der Waals surface area contributed by atoms with Crippen molar-refractivity contribution in [2.75, 3.05) is 7.11 Å². The van der Waals surface area contributed by atoms with Crippen LogP contribution in [0.15, 0.2) is 36.4 Å². The lowest BCUT2D eigenvalue weighted by atomic mass is 10.1. The first-order valence-electron chi connectivity index (χ1n) is 8.62. The van der Waals surface area contributed by atoms with E-state index < -0.39 is 0 Å². The molecule has 0 bridgehead atoms. The molecule has 28 heavy (non-hydrogen) atoms. The van der Waals surface area contributed by atoms with Crippen LogP contribution in [-0.2, 0) is 7.05 Å². The average Bonchev–Trinajstić information content (AvgIpc) is 3.29. The zero-order valence-corrected chi connectivity index (χ0v) is 19.0. The quantitative estimate of drug-likeness (QED) is 0.323. The molecule has 3 heterocycles. The molecule has 144 valence electrons. The number of halogens is 2. The van der Waals surface area contributed by atoms with E-state index in [1.807, 2.05) is 43.4 Å². The molecule has 1 aromatic carbocycles. The van der Waals surface area contributed by atoms with E-state index in [0.717, 1.165) is 58.1 Å². The van der Waals surface area contributed by atoms with Gasteiger partial charge >= 0.3 is 0 Å². The summed E-state index contributed by atoms with van der Waals surface area (Å²) in [5, 5.41) is 0. The van der Waals surface area contributed by atoms with Crippen LogP contribution in [0.25, 0.3) is 33.9 Å². The second-order valence-electron chi connectivity index (χ2n) is 6.46. The SMILES string of the molecule is COc1ccc(-c2nc(-c3cc(Cl)sc3C)c(-c3cc(Cl)sc3C)n2C)cc1. The molecule has 0 spiro atoms. The van der Waals surface area contributed by atoms with E-state index in [-0.39, 0.29) is 0 Å². The number of methoxy groups -OCH3 is 1. The van der Waals surface area contributed by atoms with Crippen LogP contribution in [0, 0.1) is 13.8 Å². The van der Waals surface area contributed by atoms with Gasteiger partial charge in [0.15, 0.2) is 0 Å². The predicted octanol–water partition coefficient (Wildman–Crippen LogP) is 7.48. The largest absolute Gasteiger partial charge is 0.497 e. The van der Waals surface area contributed by atoms with E-state index in [4.69, 9.17) is 32.9 Å². The number of aryl methyl sites for hydroxylation is 2. The van der Waals surface area contributed by atoms with Gasteiger partial charge in [0.2, 0.25) is 0 Å². The third kappa shape index (κ3) is 3.37. The smallest absolute Gasteiger partial charge is 0.140 e. The summed E-state index contributed by atoms with van der Waals surface area (Å²) in [6.07, 6.45) is 0. The minimum Gasteiger partial charge on any atom is -0.497 e. The molecular formula is C21H18Cl2N2OS2. The van der Waals surface area contributed by atoms with Crippen molar-refractivity contribution in [3.8, 4) is 39.7 Å². The first-order chi connectivity index (χ1) is 13.4. The molecule has 3 aromatic heterocycles. The van der Waals surface area contributed by atoms with Crippen molar-refractivity contribution in [2.45, 2.75) is 13.8 Å². The van der Waals surface area contributed by atoms with E-state index in [0.29, 0.717) is 0 Å². The molecule has 0 atom stereocenters. The number of thiophene rings is 2. The van der Waals surface area contributed by atoms with E-state index in [9.17, 15) is 0 Å². The Balaban J connectivity index is 1.98. The molecule has 4 aromatic rings. The van der Waals surface area contributed by atoms with Gasteiger partial charge in [0.1, 0.15) is 11.6 Å². The summed E-state index contributed by atoms with van der Waals surface area (Å²) >= 11 is 15.8. The minimum absolute atomic E-state index is 0.759.